The van der Waals surface area contributed by atoms with Crippen LogP contribution in [-0.2, 0) is 4.79 Å². The molecule has 0 unspecified atom stereocenters. The van der Waals surface area contributed by atoms with Gasteiger partial charge in [0.05, 0.1) is 12.7 Å². The Morgan fingerprint density at radius 1 is 1.07 bits per heavy atom. The molecular formula is C24H28N2O3. The zero-order valence-corrected chi connectivity index (χ0v) is 17.1. The van der Waals surface area contributed by atoms with Gasteiger partial charge in [-0.2, -0.15) is 0 Å². The van der Waals surface area contributed by atoms with Gasteiger partial charge in [-0.3, -0.25) is 9.59 Å². The van der Waals surface area contributed by atoms with Crippen molar-refractivity contribution >= 4 is 11.8 Å². The van der Waals surface area contributed by atoms with E-state index in [0.29, 0.717) is 29.7 Å². The van der Waals surface area contributed by atoms with E-state index in [1.807, 2.05) is 60.5 Å². The Morgan fingerprint density at radius 3 is 2.52 bits per heavy atom. The van der Waals surface area contributed by atoms with Crippen LogP contribution >= 0.6 is 0 Å². The van der Waals surface area contributed by atoms with Gasteiger partial charge >= 0.3 is 0 Å². The molecule has 1 aliphatic carbocycles. The summed E-state index contributed by atoms with van der Waals surface area (Å²) in [5.74, 6) is 1.44. The van der Waals surface area contributed by atoms with E-state index in [1.165, 1.54) is 0 Å². The van der Waals surface area contributed by atoms with Crippen molar-refractivity contribution < 1.29 is 14.3 Å². The topological polar surface area (TPSA) is 49.9 Å². The molecule has 152 valence electrons. The number of nitrogens with zero attached hydrogens (tertiary/aromatic N) is 2. The number of amides is 2. The minimum atomic E-state index is -0.0477. The second-order valence-corrected chi connectivity index (χ2v) is 8.18. The van der Waals surface area contributed by atoms with Crippen molar-refractivity contribution in [2.24, 2.45) is 11.8 Å². The van der Waals surface area contributed by atoms with E-state index >= 15 is 0 Å². The third-order valence-electron chi connectivity index (χ3n) is 5.94. The standard InChI is InChI=1S/C24H28N2O3/c1-25(15-17-12-13-26(16-17)23(27)19-8-9-19)24(28)21-11-10-20(14-22(21)29-2)18-6-4-3-5-7-18/h3-7,10-11,14,17,19H,8-9,12-13,15-16H2,1-2H3/t17-/m1/s1. The molecule has 0 radical (unpaired) electrons. The molecule has 2 aromatic rings. The van der Waals surface area contributed by atoms with Crippen LogP contribution in [0.5, 0.6) is 5.75 Å². The van der Waals surface area contributed by atoms with E-state index in [9.17, 15) is 9.59 Å². The summed E-state index contributed by atoms with van der Waals surface area (Å²) in [6.07, 6.45) is 3.04. The van der Waals surface area contributed by atoms with Crippen LogP contribution in [0.2, 0.25) is 0 Å². The van der Waals surface area contributed by atoms with Crippen LogP contribution < -0.4 is 4.74 Å². The maximum absolute atomic E-state index is 13.1. The molecule has 2 aliphatic rings. The van der Waals surface area contributed by atoms with Crippen molar-refractivity contribution in [3.8, 4) is 16.9 Å². The van der Waals surface area contributed by atoms with Crippen LogP contribution in [0.1, 0.15) is 29.6 Å². The average Bonchev–Trinajstić information content (AvgIpc) is 3.51. The van der Waals surface area contributed by atoms with Gasteiger partial charge in [-0.05, 0) is 48.4 Å². The maximum atomic E-state index is 13.1. The molecule has 1 saturated heterocycles. The van der Waals surface area contributed by atoms with E-state index in [1.54, 1.807) is 12.0 Å². The lowest BCUT2D eigenvalue weighted by Crippen LogP contribution is -2.35. The first kappa shape index (κ1) is 19.5. The Balaban J connectivity index is 1.42. The summed E-state index contributed by atoms with van der Waals surface area (Å²) in [5, 5.41) is 0. The van der Waals surface area contributed by atoms with Crippen LogP contribution in [-0.4, -0.2) is 55.4 Å². The molecular weight excluding hydrogens is 364 g/mol. The van der Waals surface area contributed by atoms with E-state index in [2.05, 4.69) is 0 Å². The Bertz CT molecular complexity index is 892. The first-order chi connectivity index (χ1) is 14.1. The molecule has 5 heteroatoms. The van der Waals surface area contributed by atoms with Crippen LogP contribution in [0.25, 0.3) is 11.1 Å². The number of ether oxygens (including phenoxy) is 1. The summed E-state index contributed by atoms with van der Waals surface area (Å²) in [5.41, 5.74) is 2.68. The van der Waals surface area contributed by atoms with Crippen LogP contribution in [0.15, 0.2) is 48.5 Å². The molecule has 1 aliphatic heterocycles. The Morgan fingerprint density at radius 2 is 1.83 bits per heavy atom. The normalized spacial score (nSPS) is 18.6. The van der Waals surface area contributed by atoms with Gasteiger partial charge < -0.3 is 14.5 Å². The van der Waals surface area contributed by atoms with Gasteiger partial charge in [0, 0.05) is 32.6 Å². The van der Waals surface area contributed by atoms with E-state index in [0.717, 1.165) is 43.5 Å². The summed E-state index contributed by atoms with van der Waals surface area (Å²) in [6.45, 7) is 2.23. The van der Waals surface area contributed by atoms with Crippen molar-refractivity contribution in [3.63, 3.8) is 0 Å². The summed E-state index contributed by atoms with van der Waals surface area (Å²) in [6, 6.07) is 15.8. The summed E-state index contributed by atoms with van der Waals surface area (Å²) < 4.78 is 5.53. The van der Waals surface area contributed by atoms with Gasteiger partial charge in [0.25, 0.3) is 5.91 Å². The minimum absolute atomic E-state index is 0.0477. The van der Waals surface area contributed by atoms with Gasteiger partial charge in [-0.15, -0.1) is 0 Å². The molecule has 1 saturated carbocycles. The highest BCUT2D eigenvalue weighted by Crippen LogP contribution is 2.33. The van der Waals surface area contributed by atoms with E-state index in [-0.39, 0.29) is 11.8 Å². The Hall–Kier alpha value is -2.82. The van der Waals surface area contributed by atoms with Gasteiger partial charge in [0.2, 0.25) is 5.91 Å². The van der Waals surface area contributed by atoms with Gasteiger partial charge in [0.15, 0.2) is 0 Å². The quantitative estimate of drug-likeness (QED) is 0.753. The molecule has 0 aromatic heterocycles. The number of methoxy groups -OCH3 is 1. The summed E-state index contributed by atoms with van der Waals surface area (Å²) in [4.78, 5) is 29.1. The monoisotopic (exact) mass is 392 g/mol. The summed E-state index contributed by atoms with van der Waals surface area (Å²) in [7, 11) is 3.43. The summed E-state index contributed by atoms with van der Waals surface area (Å²) >= 11 is 0. The number of likely N-dealkylation sites (tertiary alicyclic amines) is 1. The second kappa shape index (κ2) is 8.27. The molecule has 1 heterocycles. The molecule has 0 bridgehead atoms. The number of hydrogen-bond acceptors (Lipinski definition) is 3. The highest BCUT2D eigenvalue weighted by Gasteiger charge is 2.37. The molecule has 4 rings (SSSR count). The van der Waals surface area contributed by atoms with Crippen molar-refractivity contribution in [1.29, 1.82) is 0 Å². The number of rotatable bonds is 6. The fourth-order valence-electron chi connectivity index (χ4n) is 4.12. The van der Waals surface area contributed by atoms with Crippen LogP contribution in [0.4, 0.5) is 0 Å². The highest BCUT2D eigenvalue weighted by molar-refractivity contribution is 5.97. The smallest absolute Gasteiger partial charge is 0.257 e. The molecule has 29 heavy (non-hydrogen) atoms. The van der Waals surface area contributed by atoms with E-state index < -0.39 is 0 Å². The fourth-order valence-corrected chi connectivity index (χ4v) is 4.12. The van der Waals surface area contributed by atoms with Crippen molar-refractivity contribution in [2.75, 3.05) is 33.8 Å². The molecule has 0 spiro atoms. The average molecular weight is 392 g/mol. The fraction of sp³-hybridized carbons (Fsp3) is 0.417. The SMILES string of the molecule is COc1cc(-c2ccccc2)ccc1C(=O)N(C)C[C@H]1CCN(C(=O)C2CC2)C1. The molecule has 0 N–H and O–H groups in total. The number of carbonyl (C=O) groups is 2. The predicted molar refractivity (Wildman–Crippen MR) is 113 cm³/mol. The van der Waals surface area contributed by atoms with Crippen LogP contribution in [0, 0.1) is 11.8 Å². The van der Waals surface area contributed by atoms with Crippen LogP contribution in [0.3, 0.4) is 0 Å². The Labute approximate surface area is 172 Å². The third kappa shape index (κ3) is 4.29. The zero-order valence-electron chi connectivity index (χ0n) is 17.1. The highest BCUT2D eigenvalue weighted by atomic mass is 16.5. The zero-order chi connectivity index (χ0) is 20.4. The molecule has 1 atom stereocenters. The van der Waals surface area contributed by atoms with Gasteiger partial charge in [-0.25, -0.2) is 0 Å². The van der Waals surface area contributed by atoms with Gasteiger partial charge in [-0.1, -0.05) is 36.4 Å². The number of benzene rings is 2. The van der Waals surface area contributed by atoms with Crippen molar-refractivity contribution in [1.82, 2.24) is 9.80 Å². The number of hydrogen-bond donors (Lipinski definition) is 0. The minimum Gasteiger partial charge on any atom is -0.496 e. The number of carbonyl (C=O) groups excluding carboxylic acids is 2. The maximum Gasteiger partial charge on any atom is 0.257 e. The Kier molecular flexibility index (Phi) is 5.56. The lowest BCUT2D eigenvalue weighted by molar-refractivity contribution is -0.131. The second-order valence-electron chi connectivity index (χ2n) is 8.18. The lowest BCUT2D eigenvalue weighted by atomic mass is 10.0. The molecule has 2 amide bonds. The predicted octanol–water partition coefficient (Wildman–Crippen LogP) is 3.69. The first-order valence-electron chi connectivity index (χ1n) is 10.3. The lowest BCUT2D eigenvalue weighted by Gasteiger charge is -2.23. The molecule has 2 aromatic carbocycles. The molecule has 2 fully saturated rings. The first-order valence-corrected chi connectivity index (χ1v) is 10.3. The molecule has 5 nitrogen and oxygen atoms in total. The van der Waals surface area contributed by atoms with E-state index in [4.69, 9.17) is 4.74 Å². The van der Waals surface area contributed by atoms with Gasteiger partial charge in [0.1, 0.15) is 5.75 Å². The largest absolute Gasteiger partial charge is 0.496 e. The van der Waals surface area contributed by atoms with Crippen molar-refractivity contribution in [3.05, 3.63) is 54.1 Å². The third-order valence-corrected chi connectivity index (χ3v) is 5.94. The van der Waals surface area contributed by atoms with Crippen molar-refractivity contribution in [2.45, 2.75) is 19.3 Å².